The zero-order valence-corrected chi connectivity index (χ0v) is 21.3. The maximum Gasteiger partial charge on any atom is 0.470 e. The molecule has 0 radical (unpaired) electrons. The van der Waals surface area contributed by atoms with E-state index in [4.69, 9.17) is 9.31 Å². The molecule has 1 heterocycles. The number of aromatic hydroxyl groups is 1. The fourth-order valence-corrected chi connectivity index (χ4v) is 4.21. The van der Waals surface area contributed by atoms with Gasteiger partial charge in [-0.1, -0.05) is 65.8 Å². The van der Waals surface area contributed by atoms with E-state index in [1.807, 2.05) is 45.9 Å². The number of phenolic OH excluding ortho intramolecular Hbond substituents is 1. The second-order valence-electron chi connectivity index (χ2n) is 12.1. The average molecular weight is 440 g/mol. The topological polar surface area (TPSA) is 38.7 Å². The van der Waals surface area contributed by atoms with Gasteiger partial charge in [-0.05, 0) is 72.9 Å². The summed E-state index contributed by atoms with van der Waals surface area (Å²) in [5, 5.41) is 11.2. The van der Waals surface area contributed by atoms with Crippen molar-refractivity contribution in [3.8, 4) is 5.75 Å². The molecule has 3 rings (SSSR count). The van der Waals surface area contributed by atoms with E-state index < -0.39 is 18.3 Å². The van der Waals surface area contributed by atoms with Gasteiger partial charge in [-0.25, -0.2) is 4.39 Å². The van der Waals surface area contributed by atoms with Gasteiger partial charge in [0, 0.05) is 5.82 Å². The molecule has 3 nitrogen and oxygen atoms in total. The molecular weight excluding hydrogens is 402 g/mol. The van der Waals surface area contributed by atoms with Crippen LogP contribution in [0.15, 0.2) is 36.4 Å². The van der Waals surface area contributed by atoms with Crippen LogP contribution in [0.3, 0.4) is 0 Å². The first kappa shape index (κ1) is 24.8. The van der Waals surface area contributed by atoms with Crippen molar-refractivity contribution in [3.63, 3.8) is 0 Å². The highest BCUT2D eigenvalue weighted by atomic mass is 19.1. The number of benzene rings is 2. The van der Waals surface area contributed by atoms with Crippen molar-refractivity contribution in [2.24, 2.45) is 0 Å². The molecule has 1 aliphatic rings. The minimum atomic E-state index is -0.591. The van der Waals surface area contributed by atoms with Gasteiger partial charge in [0.1, 0.15) is 11.6 Å². The normalized spacial score (nSPS) is 19.3. The van der Waals surface area contributed by atoms with Crippen molar-refractivity contribution in [2.45, 2.75) is 97.1 Å². The van der Waals surface area contributed by atoms with E-state index in [0.717, 1.165) is 22.3 Å². The van der Waals surface area contributed by atoms with Gasteiger partial charge in [-0.3, -0.25) is 0 Å². The maximum absolute atomic E-state index is 14.3. The highest BCUT2D eigenvalue weighted by Crippen LogP contribution is 2.46. The lowest BCUT2D eigenvalue weighted by Crippen LogP contribution is -2.41. The van der Waals surface area contributed by atoms with E-state index in [2.05, 4.69) is 41.5 Å². The third kappa shape index (κ3) is 4.60. The van der Waals surface area contributed by atoms with Gasteiger partial charge in [-0.2, -0.15) is 0 Å². The first-order chi connectivity index (χ1) is 14.4. The Morgan fingerprint density at radius 3 is 1.69 bits per heavy atom. The molecule has 1 N–H and O–H groups in total. The summed E-state index contributed by atoms with van der Waals surface area (Å²) in [6.45, 7) is 20.6. The molecule has 174 valence electrons. The molecule has 2 aromatic carbocycles. The second-order valence-corrected chi connectivity index (χ2v) is 12.1. The first-order valence-electron chi connectivity index (χ1n) is 11.4. The van der Waals surface area contributed by atoms with E-state index >= 15 is 0 Å². The molecule has 0 bridgehead atoms. The van der Waals surface area contributed by atoms with Crippen LogP contribution in [0.4, 0.5) is 4.39 Å². The number of hydrogen-bond donors (Lipinski definition) is 1. The molecule has 1 aliphatic heterocycles. The van der Waals surface area contributed by atoms with Crippen molar-refractivity contribution in [3.05, 3.63) is 64.5 Å². The van der Waals surface area contributed by atoms with Gasteiger partial charge < -0.3 is 14.4 Å². The molecule has 1 unspecified atom stereocenters. The molecule has 0 aromatic heterocycles. The van der Waals surface area contributed by atoms with E-state index in [0.29, 0.717) is 5.75 Å². The second kappa shape index (κ2) is 7.88. The molecule has 32 heavy (non-hydrogen) atoms. The fraction of sp³-hybridized carbons (Fsp3) is 0.556. The molecule has 0 amide bonds. The van der Waals surface area contributed by atoms with Crippen LogP contribution in [0.5, 0.6) is 5.75 Å². The summed E-state index contributed by atoms with van der Waals surface area (Å²) >= 11 is 0. The van der Waals surface area contributed by atoms with Crippen molar-refractivity contribution in [1.29, 1.82) is 0 Å². The SMILES string of the molecule is CC(C)(C)c1cc(C(B2OC(C)(C)C(C)(C)O2)c2cccc(F)c2)cc(C(C)(C)C)c1O. The highest BCUT2D eigenvalue weighted by molar-refractivity contribution is 6.48. The highest BCUT2D eigenvalue weighted by Gasteiger charge is 2.54. The lowest BCUT2D eigenvalue weighted by Gasteiger charge is -2.32. The van der Waals surface area contributed by atoms with Crippen LogP contribution in [0, 0.1) is 5.82 Å². The van der Waals surface area contributed by atoms with Gasteiger partial charge in [0.15, 0.2) is 0 Å². The summed E-state index contributed by atoms with van der Waals surface area (Å²) in [5.74, 6) is -0.329. The number of halogens is 1. The van der Waals surface area contributed by atoms with Crippen LogP contribution in [0.2, 0.25) is 0 Å². The molecule has 1 atom stereocenters. The molecule has 1 fully saturated rings. The molecule has 5 heteroatoms. The van der Waals surface area contributed by atoms with Gasteiger partial charge >= 0.3 is 7.12 Å². The maximum atomic E-state index is 14.3. The third-order valence-electron chi connectivity index (χ3n) is 6.86. The number of phenols is 1. The van der Waals surface area contributed by atoms with Crippen LogP contribution >= 0.6 is 0 Å². The summed E-state index contributed by atoms with van der Waals surface area (Å²) < 4.78 is 27.2. The molecule has 0 spiro atoms. The first-order valence-corrected chi connectivity index (χ1v) is 11.4. The molecule has 1 saturated heterocycles. The zero-order chi connectivity index (χ0) is 24.3. The van der Waals surface area contributed by atoms with E-state index in [-0.39, 0.29) is 22.5 Å². The summed E-state index contributed by atoms with van der Waals surface area (Å²) in [7, 11) is -0.591. The Balaban J connectivity index is 2.28. The molecule has 0 saturated carbocycles. The van der Waals surface area contributed by atoms with Gasteiger partial charge in [-0.15, -0.1) is 0 Å². The standard InChI is InChI=1S/C27H38BFO3/c1-24(2,3)20-15-18(16-21(23(20)30)25(4,5)6)22(17-12-11-13-19(29)14-17)28-31-26(7,8)27(9,10)32-28/h11-16,22,30H,1-10H3. The Hall–Kier alpha value is -1.85. The van der Waals surface area contributed by atoms with E-state index in [1.54, 1.807) is 12.1 Å². The third-order valence-corrected chi connectivity index (χ3v) is 6.86. The lowest BCUT2D eigenvalue weighted by molar-refractivity contribution is 0.00578. The van der Waals surface area contributed by atoms with Gasteiger partial charge in [0.05, 0.1) is 11.2 Å². The van der Waals surface area contributed by atoms with Crippen molar-refractivity contribution >= 4 is 7.12 Å². The minimum absolute atomic E-state index is 0.275. The van der Waals surface area contributed by atoms with Crippen LogP contribution in [0.25, 0.3) is 0 Å². The number of hydrogen-bond acceptors (Lipinski definition) is 3. The summed E-state index contributed by atoms with van der Waals surface area (Å²) in [4.78, 5) is 0. The predicted molar refractivity (Wildman–Crippen MR) is 130 cm³/mol. The van der Waals surface area contributed by atoms with Crippen molar-refractivity contribution in [1.82, 2.24) is 0 Å². The van der Waals surface area contributed by atoms with Gasteiger partial charge in [0.25, 0.3) is 0 Å². The fourth-order valence-electron chi connectivity index (χ4n) is 4.21. The lowest BCUT2D eigenvalue weighted by atomic mass is 9.63. The molecule has 2 aromatic rings. The Bertz CT molecular complexity index is 948. The quantitative estimate of drug-likeness (QED) is 0.528. The minimum Gasteiger partial charge on any atom is -0.507 e. The van der Waals surface area contributed by atoms with Crippen molar-refractivity contribution < 1.29 is 18.8 Å². The monoisotopic (exact) mass is 440 g/mol. The van der Waals surface area contributed by atoms with Crippen LogP contribution in [-0.4, -0.2) is 23.4 Å². The van der Waals surface area contributed by atoms with E-state index in [9.17, 15) is 9.50 Å². The zero-order valence-electron chi connectivity index (χ0n) is 21.3. The Morgan fingerprint density at radius 1 is 0.812 bits per heavy atom. The van der Waals surface area contributed by atoms with Crippen LogP contribution in [0.1, 0.15) is 97.3 Å². The van der Waals surface area contributed by atoms with Gasteiger partial charge in [0.2, 0.25) is 0 Å². The Morgan fingerprint density at radius 2 is 1.28 bits per heavy atom. The summed E-state index contributed by atoms with van der Waals surface area (Å²) in [6, 6.07) is 10.7. The number of rotatable bonds is 3. The molecule has 0 aliphatic carbocycles. The van der Waals surface area contributed by atoms with E-state index in [1.165, 1.54) is 6.07 Å². The predicted octanol–water partition coefficient (Wildman–Crippen LogP) is 6.89. The smallest absolute Gasteiger partial charge is 0.470 e. The average Bonchev–Trinajstić information content (AvgIpc) is 2.81. The van der Waals surface area contributed by atoms with Crippen LogP contribution in [-0.2, 0) is 20.1 Å². The van der Waals surface area contributed by atoms with Crippen LogP contribution < -0.4 is 0 Å². The van der Waals surface area contributed by atoms with Crippen molar-refractivity contribution in [2.75, 3.05) is 0 Å². The molecular formula is C27H38BFO3. The largest absolute Gasteiger partial charge is 0.507 e. The summed E-state index contributed by atoms with van der Waals surface area (Å²) in [5.41, 5.74) is 1.87. The summed E-state index contributed by atoms with van der Waals surface area (Å²) in [6.07, 6.45) is 0. The Labute approximate surface area is 193 Å². The Kier molecular flexibility index (Phi) is 6.10.